The quantitative estimate of drug-likeness (QED) is 0.476. The second-order valence-electron chi connectivity index (χ2n) is 10.6. The normalized spacial score (nSPS) is 21.3. The lowest BCUT2D eigenvalue weighted by Gasteiger charge is -2.36. The topological polar surface area (TPSA) is 64.7 Å². The monoisotopic (exact) mass is 508 g/mol. The summed E-state index contributed by atoms with van der Waals surface area (Å²) in [6.45, 7) is 7.00. The molecule has 2 amide bonds. The van der Waals surface area contributed by atoms with Crippen molar-refractivity contribution in [3.05, 3.63) is 66.0 Å². The van der Waals surface area contributed by atoms with E-state index in [9.17, 15) is 14.0 Å². The fourth-order valence-electron chi connectivity index (χ4n) is 5.43. The second-order valence-corrected chi connectivity index (χ2v) is 10.6. The van der Waals surface area contributed by atoms with Crippen molar-refractivity contribution in [3.63, 3.8) is 0 Å². The molecule has 1 atom stereocenters. The summed E-state index contributed by atoms with van der Waals surface area (Å²) in [5, 5.41) is 6.13. The number of amides is 2. The molecule has 2 aromatic carbocycles. The Labute approximate surface area is 220 Å². The minimum atomic E-state index is -0.571. The number of carbonyl (C=O) groups is 2. The molecule has 0 bridgehead atoms. The molecule has 37 heavy (non-hydrogen) atoms. The molecule has 1 heterocycles. The first-order chi connectivity index (χ1) is 18.0. The van der Waals surface area contributed by atoms with E-state index < -0.39 is 6.04 Å². The molecule has 2 aromatic rings. The van der Waals surface area contributed by atoms with Gasteiger partial charge >= 0.3 is 0 Å². The third-order valence-electron chi connectivity index (χ3n) is 7.82. The standard InChI is InChI=1S/C30H41FN4O2/c1-23-12-14-25(15-13-23)29(36)33-27(22-24-8-3-2-4-9-24)30(37)32-16-7-17-34-18-20-35(21-19-34)28-11-6-5-10-26(28)31/h2-6,8-11,23,25,27H,7,12-22H2,1H3,(H,32,37)(H,33,36)/t23?,25?,27-/m1/s1. The number of halogens is 1. The molecule has 0 aromatic heterocycles. The summed E-state index contributed by atoms with van der Waals surface area (Å²) >= 11 is 0. The number of anilines is 1. The first-order valence-corrected chi connectivity index (χ1v) is 13.8. The third-order valence-corrected chi connectivity index (χ3v) is 7.82. The maximum absolute atomic E-state index is 14.1. The summed E-state index contributed by atoms with van der Waals surface area (Å²) in [7, 11) is 0. The molecule has 7 heteroatoms. The number of nitrogens with zero attached hydrogens (tertiary/aromatic N) is 2. The van der Waals surface area contributed by atoms with Crippen LogP contribution in [0.2, 0.25) is 0 Å². The van der Waals surface area contributed by atoms with Gasteiger partial charge in [0, 0.05) is 45.1 Å². The summed E-state index contributed by atoms with van der Waals surface area (Å²) in [4.78, 5) is 30.5. The summed E-state index contributed by atoms with van der Waals surface area (Å²) in [5.74, 6) is 0.399. The highest BCUT2D eigenvalue weighted by Crippen LogP contribution is 2.28. The maximum atomic E-state index is 14.1. The molecular formula is C30H41FN4O2. The average Bonchev–Trinajstić information content (AvgIpc) is 2.92. The van der Waals surface area contributed by atoms with E-state index in [2.05, 4.69) is 27.4 Å². The van der Waals surface area contributed by atoms with E-state index in [-0.39, 0.29) is 23.5 Å². The van der Waals surface area contributed by atoms with Crippen molar-refractivity contribution in [3.8, 4) is 0 Å². The van der Waals surface area contributed by atoms with Crippen molar-refractivity contribution in [2.24, 2.45) is 11.8 Å². The van der Waals surface area contributed by atoms with Crippen LogP contribution in [-0.4, -0.2) is 62.0 Å². The molecule has 1 saturated carbocycles. The molecule has 2 fully saturated rings. The molecule has 6 nitrogen and oxygen atoms in total. The number of hydrogen-bond acceptors (Lipinski definition) is 4. The van der Waals surface area contributed by atoms with Crippen molar-refractivity contribution in [2.75, 3.05) is 44.2 Å². The van der Waals surface area contributed by atoms with Gasteiger partial charge in [0.25, 0.3) is 0 Å². The average molecular weight is 509 g/mol. The van der Waals surface area contributed by atoms with Gasteiger partial charge in [-0.1, -0.05) is 49.4 Å². The lowest BCUT2D eigenvalue weighted by molar-refractivity contribution is -0.131. The van der Waals surface area contributed by atoms with Crippen molar-refractivity contribution in [2.45, 2.75) is 51.5 Å². The van der Waals surface area contributed by atoms with Crippen LogP contribution in [0.1, 0.15) is 44.6 Å². The van der Waals surface area contributed by atoms with Gasteiger partial charge in [-0.2, -0.15) is 0 Å². The third kappa shape index (κ3) is 8.03. The van der Waals surface area contributed by atoms with E-state index in [4.69, 9.17) is 0 Å². The van der Waals surface area contributed by atoms with Gasteiger partial charge in [-0.05, 0) is 62.3 Å². The van der Waals surface area contributed by atoms with E-state index in [1.807, 2.05) is 42.5 Å². The number of hydrogen-bond donors (Lipinski definition) is 2. The minimum Gasteiger partial charge on any atom is -0.367 e. The first-order valence-electron chi connectivity index (χ1n) is 13.8. The van der Waals surface area contributed by atoms with Gasteiger partial charge in [0.2, 0.25) is 11.8 Å². The summed E-state index contributed by atoms with van der Waals surface area (Å²) in [5.41, 5.74) is 1.71. The van der Waals surface area contributed by atoms with Crippen molar-refractivity contribution in [1.82, 2.24) is 15.5 Å². The SMILES string of the molecule is CC1CCC(C(=O)N[C@H](Cc2ccccc2)C(=O)NCCCN2CCN(c3ccccc3F)CC2)CC1. The molecule has 1 saturated heterocycles. The van der Waals surface area contributed by atoms with Crippen LogP contribution < -0.4 is 15.5 Å². The molecule has 0 spiro atoms. The predicted octanol–water partition coefficient (Wildman–Crippen LogP) is 4.01. The van der Waals surface area contributed by atoms with Crippen molar-refractivity contribution in [1.29, 1.82) is 0 Å². The smallest absolute Gasteiger partial charge is 0.242 e. The van der Waals surface area contributed by atoms with Crippen molar-refractivity contribution >= 4 is 17.5 Å². The number of para-hydroxylation sites is 1. The molecule has 2 N–H and O–H groups in total. The van der Waals surface area contributed by atoms with E-state index >= 15 is 0 Å². The van der Waals surface area contributed by atoms with Crippen LogP contribution in [0.15, 0.2) is 54.6 Å². The molecule has 1 aliphatic heterocycles. The van der Waals surface area contributed by atoms with Crippen LogP contribution in [0.25, 0.3) is 0 Å². The Morgan fingerprint density at radius 2 is 1.62 bits per heavy atom. The summed E-state index contributed by atoms with van der Waals surface area (Å²) in [6.07, 6.45) is 5.26. The van der Waals surface area contributed by atoms with Crippen LogP contribution in [0.5, 0.6) is 0 Å². The molecule has 0 radical (unpaired) electrons. The van der Waals surface area contributed by atoms with Crippen LogP contribution in [0.4, 0.5) is 10.1 Å². The largest absolute Gasteiger partial charge is 0.367 e. The zero-order chi connectivity index (χ0) is 26.0. The fourth-order valence-corrected chi connectivity index (χ4v) is 5.43. The van der Waals surface area contributed by atoms with Crippen LogP contribution in [0, 0.1) is 17.7 Å². The van der Waals surface area contributed by atoms with Crippen LogP contribution in [-0.2, 0) is 16.0 Å². The van der Waals surface area contributed by atoms with E-state index in [1.54, 1.807) is 6.07 Å². The van der Waals surface area contributed by atoms with E-state index in [0.717, 1.165) is 70.4 Å². The van der Waals surface area contributed by atoms with Gasteiger partial charge in [0.1, 0.15) is 11.9 Å². The zero-order valence-electron chi connectivity index (χ0n) is 22.0. The van der Waals surface area contributed by atoms with Crippen LogP contribution in [0.3, 0.4) is 0 Å². The van der Waals surface area contributed by atoms with E-state index in [1.165, 1.54) is 6.07 Å². The Bertz CT molecular complexity index is 1000. The second kappa shape index (κ2) is 13.6. The zero-order valence-corrected chi connectivity index (χ0v) is 22.0. The Balaban J connectivity index is 1.22. The highest BCUT2D eigenvalue weighted by molar-refractivity contribution is 5.88. The molecular weight excluding hydrogens is 467 g/mol. The Kier molecular flexibility index (Phi) is 9.94. The van der Waals surface area contributed by atoms with Gasteiger partial charge < -0.3 is 15.5 Å². The van der Waals surface area contributed by atoms with Gasteiger partial charge in [-0.15, -0.1) is 0 Å². The number of nitrogens with one attached hydrogen (secondary N) is 2. The summed E-state index contributed by atoms with van der Waals surface area (Å²) in [6, 6.07) is 16.2. The number of piperazine rings is 1. The Morgan fingerprint density at radius 3 is 2.32 bits per heavy atom. The number of rotatable bonds is 10. The fraction of sp³-hybridized carbons (Fsp3) is 0.533. The van der Waals surface area contributed by atoms with Gasteiger partial charge in [0.05, 0.1) is 5.69 Å². The van der Waals surface area contributed by atoms with Gasteiger partial charge in [0.15, 0.2) is 0 Å². The van der Waals surface area contributed by atoms with Crippen molar-refractivity contribution < 1.29 is 14.0 Å². The molecule has 200 valence electrons. The van der Waals surface area contributed by atoms with Gasteiger partial charge in [-0.25, -0.2) is 4.39 Å². The minimum absolute atomic E-state index is 0.00491. The Hall–Kier alpha value is -2.93. The maximum Gasteiger partial charge on any atom is 0.242 e. The number of benzene rings is 2. The predicted molar refractivity (Wildman–Crippen MR) is 146 cm³/mol. The van der Waals surface area contributed by atoms with Crippen LogP contribution >= 0.6 is 0 Å². The highest BCUT2D eigenvalue weighted by atomic mass is 19.1. The van der Waals surface area contributed by atoms with Gasteiger partial charge in [-0.3, -0.25) is 14.5 Å². The highest BCUT2D eigenvalue weighted by Gasteiger charge is 2.28. The molecule has 1 aliphatic carbocycles. The lowest BCUT2D eigenvalue weighted by atomic mass is 9.82. The summed E-state index contributed by atoms with van der Waals surface area (Å²) < 4.78 is 14.1. The molecule has 4 rings (SSSR count). The Morgan fingerprint density at radius 1 is 0.946 bits per heavy atom. The van der Waals surface area contributed by atoms with E-state index in [0.29, 0.717) is 24.6 Å². The number of carbonyl (C=O) groups excluding carboxylic acids is 2. The molecule has 0 unspecified atom stereocenters. The first kappa shape index (κ1) is 27.1. The molecule has 2 aliphatic rings. The lowest BCUT2D eigenvalue weighted by Crippen LogP contribution is -2.50.